The molecule has 0 radical (unpaired) electrons. The molecule has 6 nitrogen and oxygen atoms in total. The molecule has 1 heterocycles. The van der Waals surface area contributed by atoms with Gasteiger partial charge >= 0.3 is 0 Å². The number of ether oxygens (including phenoxy) is 1. The van der Waals surface area contributed by atoms with E-state index in [1.165, 1.54) is 6.07 Å². The van der Waals surface area contributed by atoms with Gasteiger partial charge in [0.05, 0.1) is 13.7 Å². The van der Waals surface area contributed by atoms with Crippen LogP contribution in [-0.2, 0) is 16.6 Å². The summed E-state index contributed by atoms with van der Waals surface area (Å²) in [6.07, 6.45) is 0. The number of sulfonamides is 1. The topological polar surface area (TPSA) is 94.6 Å². The second-order valence-corrected chi connectivity index (χ2v) is 5.82. The number of furan rings is 1. The summed E-state index contributed by atoms with van der Waals surface area (Å²) in [5, 5.41) is 0. The molecule has 1 aromatic heterocycles. The number of methoxy groups -OCH3 is 1. The van der Waals surface area contributed by atoms with Crippen molar-refractivity contribution in [2.45, 2.75) is 18.4 Å². The van der Waals surface area contributed by atoms with E-state index in [-0.39, 0.29) is 11.4 Å². The van der Waals surface area contributed by atoms with E-state index in [2.05, 4.69) is 4.72 Å². The average molecular weight is 296 g/mol. The molecule has 0 bridgehead atoms. The van der Waals surface area contributed by atoms with Crippen LogP contribution in [0.5, 0.6) is 5.75 Å². The van der Waals surface area contributed by atoms with Gasteiger partial charge < -0.3 is 14.9 Å². The summed E-state index contributed by atoms with van der Waals surface area (Å²) in [5.74, 6) is 1.39. The molecule has 0 atom stereocenters. The Bertz CT molecular complexity index is 690. The zero-order valence-corrected chi connectivity index (χ0v) is 12.0. The van der Waals surface area contributed by atoms with Crippen LogP contribution in [0.1, 0.15) is 11.5 Å². The minimum absolute atomic E-state index is 0.0915. The highest BCUT2D eigenvalue weighted by Crippen LogP contribution is 2.23. The number of nitrogens with two attached hydrogens (primary N) is 1. The number of hydrogen-bond donors (Lipinski definition) is 2. The zero-order chi connectivity index (χ0) is 14.8. The first-order valence-electron chi connectivity index (χ1n) is 5.92. The van der Waals surface area contributed by atoms with E-state index in [0.29, 0.717) is 23.0 Å². The summed E-state index contributed by atoms with van der Waals surface area (Å²) in [4.78, 5) is 0.0915. The summed E-state index contributed by atoms with van der Waals surface area (Å²) in [7, 11) is -2.15. The first-order chi connectivity index (χ1) is 9.46. The molecule has 0 aliphatic heterocycles. The highest BCUT2D eigenvalue weighted by atomic mass is 32.2. The fourth-order valence-electron chi connectivity index (χ4n) is 1.76. The quantitative estimate of drug-likeness (QED) is 0.878. The van der Waals surface area contributed by atoms with Crippen LogP contribution in [0.4, 0.5) is 5.69 Å². The summed E-state index contributed by atoms with van der Waals surface area (Å²) in [5.41, 5.74) is 5.88. The van der Waals surface area contributed by atoms with Gasteiger partial charge in [-0.15, -0.1) is 0 Å². The standard InChI is InChI=1S/C13H16N2O4S/c1-9-13(7-12(8-14)19-9)20(16,17)15-10-3-5-11(18-2)6-4-10/h3-7,15H,8,14H2,1-2H3. The maximum absolute atomic E-state index is 12.3. The number of anilines is 1. The van der Waals surface area contributed by atoms with Crippen molar-refractivity contribution in [3.05, 3.63) is 41.9 Å². The molecule has 1 aromatic carbocycles. The maximum atomic E-state index is 12.3. The number of hydrogen-bond acceptors (Lipinski definition) is 5. The van der Waals surface area contributed by atoms with Crippen molar-refractivity contribution < 1.29 is 17.6 Å². The summed E-state index contributed by atoms with van der Waals surface area (Å²) < 4.78 is 37.3. The third-order valence-corrected chi connectivity index (χ3v) is 4.24. The largest absolute Gasteiger partial charge is 0.497 e. The Hall–Kier alpha value is -1.99. The summed E-state index contributed by atoms with van der Waals surface area (Å²) >= 11 is 0. The van der Waals surface area contributed by atoms with Crippen molar-refractivity contribution in [3.8, 4) is 5.75 Å². The Labute approximate surface area is 117 Å². The molecule has 0 aliphatic carbocycles. The minimum Gasteiger partial charge on any atom is -0.497 e. The Morgan fingerprint density at radius 2 is 1.95 bits per heavy atom. The van der Waals surface area contributed by atoms with Gasteiger partial charge in [-0.1, -0.05) is 0 Å². The zero-order valence-electron chi connectivity index (χ0n) is 11.2. The molecular weight excluding hydrogens is 280 g/mol. The van der Waals surface area contributed by atoms with Crippen LogP contribution >= 0.6 is 0 Å². The highest BCUT2D eigenvalue weighted by molar-refractivity contribution is 7.92. The van der Waals surface area contributed by atoms with Crippen molar-refractivity contribution in [1.29, 1.82) is 0 Å². The van der Waals surface area contributed by atoms with Crippen molar-refractivity contribution in [2.75, 3.05) is 11.8 Å². The number of aryl methyl sites for hydroxylation is 1. The van der Waals surface area contributed by atoms with Gasteiger partial charge in [0.25, 0.3) is 10.0 Å². The summed E-state index contributed by atoms with van der Waals surface area (Å²) in [6.45, 7) is 1.74. The van der Waals surface area contributed by atoms with Gasteiger partial charge in [-0.2, -0.15) is 0 Å². The van der Waals surface area contributed by atoms with E-state index in [0.717, 1.165) is 0 Å². The van der Waals surface area contributed by atoms with Crippen LogP contribution in [0.2, 0.25) is 0 Å². The lowest BCUT2D eigenvalue weighted by Gasteiger charge is -2.07. The molecule has 108 valence electrons. The molecule has 0 saturated carbocycles. The SMILES string of the molecule is COc1ccc(NS(=O)(=O)c2cc(CN)oc2C)cc1. The predicted molar refractivity (Wildman–Crippen MR) is 75.1 cm³/mol. The molecule has 2 aromatic rings. The lowest BCUT2D eigenvalue weighted by molar-refractivity contribution is 0.415. The third-order valence-electron chi connectivity index (χ3n) is 2.76. The molecule has 0 unspecified atom stereocenters. The van der Waals surface area contributed by atoms with Crippen LogP contribution in [0.25, 0.3) is 0 Å². The third kappa shape index (κ3) is 2.94. The predicted octanol–water partition coefficient (Wildman–Crippen LogP) is 1.86. The van der Waals surface area contributed by atoms with Gasteiger partial charge in [0.1, 0.15) is 22.2 Å². The van der Waals surface area contributed by atoms with E-state index in [9.17, 15) is 8.42 Å². The second kappa shape index (κ2) is 5.56. The van der Waals surface area contributed by atoms with Crippen LogP contribution in [0.3, 0.4) is 0 Å². The van der Waals surface area contributed by atoms with Gasteiger partial charge in [-0.05, 0) is 31.2 Å². The molecule has 20 heavy (non-hydrogen) atoms. The van der Waals surface area contributed by atoms with Crippen LogP contribution in [0.15, 0.2) is 39.6 Å². The van der Waals surface area contributed by atoms with E-state index >= 15 is 0 Å². The molecule has 0 aliphatic rings. The Morgan fingerprint density at radius 1 is 1.30 bits per heavy atom. The molecule has 0 spiro atoms. The lowest BCUT2D eigenvalue weighted by atomic mass is 10.3. The molecule has 7 heteroatoms. The number of rotatable bonds is 5. The normalized spacial score (nSPS) is 11.3. The number of benzene rings is 1. The molecule has 3 N–H and O–H groups in total. The average Bonchev–Trinajstić information content (AvgIpc) is 2.81. The van der Waals surface area contributed by atoms with E-state index in [4.69, 9.17) is 14.9 Å². The van der Waals surface area contributed by atoms with Gasteiger partial charge in [-0.25, -0.2) is 8.42 Å². The second-order valence-electron chi connectivity index (χ2n) is 4.17. The van der Waals surface area contributed by atoms with Gasteiger partial charge in [-0.3, -0.25) is 4.72 Å². The Morgan fingerprint density at radius 3 is 2.45 bits per heavy atom. The number of nitrogens with one attached hydrogen (secondary N) is 1. The van der Waals surface area contributed by atoms with E-state index < -0.39 is 10.0 Å². The van der Waals surface area contributed by atoms with E-state index in [1.54, 1.807) is 38.3 Å². The smallest absolute Gasteiger partial charge is 0.265 e. The Balaban J connectivity index is 2.27. The minimum atomic E-state index is -3.69. The molecule has 2 rings (SSSR count). The highest BCUT2D eigenvalue weighted by Gasteiger charge is 2.21. The van der Waals surface area contributed by atoms with E-state index in [1.807, 2.05) is 0 Å². The van der Waals surface area contributed by atoms with Crippen LogP contribution in [-0.4, -0.2) is 15.5 Å². The monoisotopic (exact) mass is 296 g/mol. The Kier molecular flexibility index (Phi) is 4.01. The molecule has 0 saturated heterocycles. The van der Waals surface area contributed by atoms with Crippen LogP contribution < -0.4 is 15.2 Å². The van der Waals surface area contributed by atoms with Crippen molar-refractivity contribution in [1.82, 2.24) is 0 Å². The van der Waals surface area contributed by atoms with Crippen LogP contribution in [0, 0.1) is 6.92 Å². The fourth-order valence-corrected chi connectivity index (χ4v) is 3.02. The first-order valence-corrected chi connectivity index (χ1v) is 7.41. The first kappa shape index (κ1) is 14.4. The van der Waals surface area contributed by atoms with Crippen molar-refractivity contribution >= 4 is 15.7 Å². The van der Waals surface area contributed by atoms with Gasteiger partial charge in [0.15, 0.2) is 0 Å². The maximum Gasteiger partial charge on any atom is 0.265 e. The van der Waals surface area contributed by atoms with Gasteiger partial charge in [0, 0.05) is 11.8 Å². The molecule has 0 fully saturated rings. The van der Waals surface area contributed by atoms with Crippen molar-refractivity contribution in [2.24, 2.45) is 5.73 Å². The van der Waals surface area contributed by atoms with Gasteiger partial charge in [0.2, 0.25) is 0 Å². The molecular formula is C13H16N2O4S. The van der Waals surface area contributed by atoms with Crippen molar-refractivity contribution in [3.63, 3.8) is 0 Å². The fraction of sp³-hybridized carbons (Fsp3) is 0.231. The lowest BCUT2D eigenvalue weighted by Crippen LogP contribution is -2.13. The molecule has 0 amide bonds. The summed E-state index contributed by atoms with van der Waals surface area (Å²) in [6, 6.07) is 8.02.